The highest BCUT2D eigenvalue weighted by atomic mass is 35.5. The minimum absolute atomic E-state index is 0.152. The third kappa shape index (κ3) is 4.54. The predicted molar refractivity (Wildman–Crippen MR) is 84.1 cm³/mol. The van der Waals surface area contributed by atoms with E-state index in [-0.39, 0.29) is 17.2 Å². The van der Waals surface area contributed by atoms with Crippen LogP contribution in [0, 0.1) is 0 Å². The second kappa shape index (κ2) is 8.30. The molecule has 7 nitrogen and oxygen atoms in total. The molecule has 0 bridgehead atoms. The van der Waals surface area contributed by atoms with Crippen molar-refractivity contribution in [2.45, 2.75) is 13.0 Å². The number of carboxylic acids is 1. The number of carboxylic acid groups (broad SMARTS) is 1. The van der Waals surface area contributed by atoms with Crippen LogP contribution in [0.5, 0.6) is 5.75 Å². The van der Waals surface area contributed by atoms with Gasteiger partial charge >= 0.3 is 5.97 Å². The molecule has 0 aromatic heterocycles. The Morgan fingerprint density at radius 1 is 1.48 bits per heavy atom. The number of hydrogen-bond acceptors (Lipinski definition) is 5. The number of nitrogens with two attached hydrogens (primary N) is 1. The molecular formula is C15H17ClN2O5. The lowest BCUT2D eigenvalue weighted by Crippen LogP contribution is -2.44. The van der Waals surface area contributed by atoms with Crippen molar-refractivity contribution in [2.24, 2.45) is 5.73 Å². The lowest BCUT2D eigenvalue weighted by molar-refractivity contribution is -0.157. The summed E-state index contributed by atoms with van der Waals surface area (Å²) >= 11 is 6.05. The molecule has 124 valence electrons. The summed E-state index contributed by atoms with van der Waals surface area (Å²) < 4.78 is 5.29. The van der Waals surface area contributed by atoms with Gasteiger partial charge < -0.3 is 15.6 Å². The molecule has 0 aliphatic carbocycles. The molecule has 0 heterocycles. The van der Waals surface area contributed by atoms with E-state index in [0.29, 0.717) is 10.6 Å². The maximum absolute atomic E-state index is 11.8. The molecule has 1 aromatic carbocycles. The Labute approximate surface area is 138 Å². The fraction of sp³-hybridized carbons (Fsp3) is 0.267. The Balaban J connectivity index is 3.27. The number of ether oxygens (including phenoxy) is 1. The van der Waals surface area contributed by atoms with Crippen LogP contribution in [0.1, 0.15) is 18.5 Å². The number of carbonyl (C=O) groups is 3. The van der Waals surface area contributed by atoms with E-state index < -0.39 is 30.4 Å². The number of nitrogens with zero attached hydrogens (tertiary/aromatic N) is 1. The van der Waals surface area contributed by atoms with Crippen LogP contribution in [0.15, 0.2) is 30.9 Å². The number of rotatable bonds is 7. The Kier molecular flexibility index (Phi) is 6.74. The van der Waals surface area contributed by atoms with Gasteiger partial charge in [0.05, 0.1) is 11.6 Å². The zero-order chi connectivity index (χ0) is 17.6. The molecule has 0 fully saturated rings. The number of benzene rings is 1. The van der Waals surface area contributed by atoms with Gasteiger partial charge in [-0.1, -0.05) is 30.3 Å². The molecule has 23 heavy (non-hydrogen) atoms. The van der Waals surface area contributed by atoms with Gasteiger partial charge in [0.25, 0.3) is 0 Å². The second-order valence-electron chi connectivity index (χ2n) is 4.52. The number of amides is 2. The Morgan fingerprint density at radius 3 is 2.57 bits per heavy atom. The van der Waals surface area contributed by atoms with E-state index >= 15 is 0 Å². The van der Waals surface area contributed by atoms with Crippen molar-refractivity contribution in [3.05, 3.63) is 41.4 Å². The molecule has 1 atom stereocenters. The molecule has 1 aromatic rings. The smallest absolute Gasteiger partial charge is 0.331 e. The summed E-state index contributed by atoms with van der Waals surface area (Å²) in [4.78, 5) is 35.6. The first-order valence-corrected chi connectivity index (χ1v) is 6.99. The zero-order valence-corrected chi connectivity index (χ0v) is 13.2. The van der Waals surface area contributed by atoms with E-state index in [0.717, 1.165) is 6.92 Å². The summed E-state index contributed by atoms with van der Waals surface area (Å²) in [5.74, 6) is -2.57. The van der Waals surface area contributed by atoms with E-state index in [1.54, 1.807) is 0 Å². The van der Waals surface area contributed by atoms with Crippen molar-refractivity contribution in [3.8, 4) is 5.75 Å². The van der Waals surface area contributed by atoms with Crippen LogP contribution < -0.4 is 10.5 Å². The monoisotopic (exact) mass is 340 g/mol. The normalized spacial score (nSPS) is 11.4. The van der Waals surface area contributed by atoms with Crippen LogP contribution in [-0.2, 0) is 14.4 Å². The zero-order valence-electron chi connectivity index (χ0n) is 12.5. The fourth-order valence-electron chi connectivity index (χ4n) is 1.95. The molecule has 2 amide bonds. The second-order valence-corrected chi connectivity index (χ2v) is 4.92. The lowest BCUT2D eigenvalue weighted by atomic mass is 10.0. The summed E-state index contributed by atoms with van der Waals surface area (Å²) in [5, 5.41) is 9.57. The molecule has 0 saturated carbocycles. The summed E-state index contributed by atoms with van der Waals surface area (Å²) in [6.07, 6.45) is 1.53. The fourth-order valence-corrected chi connectivity index (χ4v) is 2.20. The van der Waals surface area contributed by atoms with Crippen LogP contribution >= 0.6 is 11.6 Å². The van der Waals surface area contributed by atoms with Crippen molar-refractivity contribution >= 4 is 29.4 Å². The summed E-state index contributed by atoms with van der Waals surface area (Å²) in [6.45, 7) is 4.34. The van der Waals surface area contributed by atoms with Crippen molar-refractivity contribution in [1.29, 1.82) is 0 Å². The molecule has 0 radical (unpaired) electrons. The third-order valence-electron chi connectivity index (χ3n) is 2.90. The van der Waals surface area contributed by atoms with Gasteiger partial charge in [-0.25, -0.2) is 4.79 Å². The van der Waals surface area contributed by atoms with Crippen LogP contribution in [0.25, 0.3) is 0 Å². The van der Waals surface area contributed by atoms with E-state index in [4.69, 9.17) is 22.1 Å². The van der Waals surface area contributed by atoms with Crippen molar-refractivity contribution in [2.75, 3.05) is 13.2 Å². The molecule has 1 rings (SSSR count). The maximum Gasteiger partial charge on any atom is 0.331 e. The Hall–Kier alpha value is -2.38. The molecule has 8 heteroatoms. The predicted octanol–water partition coefficient (Wildman–Crippen LogP) is 1.36. The SMILES string of the molecule is C=CCOc1ccc(C(C(=O)O)N(C(C)=O)C(=O)CN)cc1Cl. The summed E-state index contributed by atoms with van der Waals surface area (Å²) in [6, 6.07) is 2.69. The van der Waals surface area contributed by atoms with Crippen LogP contribution in [0.4, 0.5) is 0 Å². The summed E-state index contributed by atoms with van der Waals surface area (Å²) in [7, 11) is 0. The number of halogens is 1. The highest BCUT2D eigenvalue weighted by Crippen LogP contribution is 2.30. The lowest BCUT2D eigenvalue weighted by Gasteiger charge is -2.26. The van der Waals surface area contributed by atoms with E-state index in [1.165, 1.54) is 24.3 Å². The first kappa shape index (κ1) is 18.7. The van der Waals surface area contributed by atoms with E-state index in [1.807, 2.05) is 0 Å². The number of aliphatic carboxylic acids is 1. The maximum atomic E-state index is 11.8. The quantitative estimate of drug-likeness (QED) is 0.725. The Bertz CT molecular complexity index is 632. The summed E-state index contributed by atoms with van der Waals surface area (Å²) in [5.41, 5.74) is 5.40. The molecule has 0 spiro atoms. The van der Waals surface area contributed by atoms with Gasteiger partial charge in [0.2, 0.25) is 11.8 Å². The number of carbonyl (C=O) groups excluding carboxylic acids is 2. The van der Waals surface area contributed by atoms with E-state index in [9.17, 15) is 19.5 Å². The average molecular weight is 341 g/mol. The van der Waals surface area contributed by atoms with Crippen LogP contribution in [0.3, 0.4) is 0 Å². The van der Waals surface area contributed by atoms with Crippen LogP contribution in [0.2, 0.25) is 5.02 Å². The molecule has 1 unspecified atom stereocenters. The minimum atomic E-state index is -1.52. The first-order valence-electron chi connectivity index (χ1n) is 6.62. The van der Waals surface area contributed by atoms with E-state index in [2.05, 4.69) is 6.58 Å². The van der Waals surface area contributed by atoms with Gasteiger partial charge in [-0.15, -0.1) is 0 Å². The Morgan fingerprint density at radius 2 is 2.13 bits per heavy atom. The average Bonchev–Trinajstić information content (AvgIpc) is 2.49. The van der Waals surface area contributed by atoms with Gasteiger partial charge in [0, 0.05) is 6.92 Å². The molecular weight excluding hydrogens is 324 g/mol. The first-order chi connectivity index (χ1) is 10.8. The van der Waals surface area contributed by atoms with Gasteiger partial charge in [0.1, 0.15) is 12.4 Å². The van der Waals surface area contributed by atoms with Gasteiger partial charge in [-0.05, 0) is 17.7 Å². The van der Waals surface area contributed by atoms with Crippen molar-refractivity contribution < 1.29 is 24.2 Å². The number of hydrogen-bond donors (Lipinski definition) is 2. The molecule has 0 aliphatic heterocycles. The topological polar surface area (TPSA) is 110 Å². The standard InChI is InChI=1S/C15H17ClN2O5/c1-3-6-23-12-5-4-10(7-11(12)16)14(15(21)22)18(9(2)19)13(20)8-17/h3-5,7,14H,1,6,8,17H2,2H3,(H,21,22). The van der Waals surface area contributed by atoms with Crippen molar-refractivity contribution in [1.82, 2.24) is 4.90 Å². The minimum Gasteiger partial charge on any atom is -0.488 e. The van der Waals surface area contributed by atoms with Gasteiger partial charge in [-0.2, -0.15) is 0 Å². The largest absolute Gasteiger partial charge is 0.488 e. The highest BCUT2D eigenvalue weighted by Gasteiger charge is 2.34. The van der Waals surface area contributed by atoms with Gasteiger partial charge in [0.15, 0.2) is 6.04 Å². The molecule has 0 saturated heterocycles. The van der Waals surface area contributed by atoms with Gasteiger partial charge in [-0.3, -0.25) is 14.5 Å². The number of imide groups is 1. The molecule has 3 N–H and O–H groups in total. The van der Waals surface area contributed by atoms with Crippen molar-refractivity contribution in [3.63, 3.8) is 0 Å². The highest BCUT2D eigenvalue weighted by molar-refractivity contribution is 6.32. The van der Waals surface area contributed by atoms with Crippen LogP contribution in [-0.4, -0.2) is 40.9 Å². The third-order valence-corrected chi connectivity index (χ3v) is 3.20. The molecule has 0 aliphatic rings.